The number of amides is 1. The van der Waals surface area contributed by atoms with Gasteiger partial charge in [-0.3, -0.25) is 4.79 Å². The molecule has 1 aliphatic rings. The summed E-state index contributed by atoms with van der Waals surface area (Å²) in [4.78, 5) is 14.3. The minimum atomic E-state index is 0. The Morgan fingerprint density at radius 2 is 1.89 bits per heavy atom. The van der Waals surface area contributed by atoms with Crippen LogP contribution in [0.15, 0.2) is 30.3 Å². The summed E-state index contributed by atoms with van der Waals surface area (Å²) in [5, 5.41) is 3.10. The fourth-order valence-corrected chi connectivity index (χ4v) is 2.34. The van der Waals surface area contributed by atoms with Crippen LogP contribution in [0.25, 0.3) is 0 Å². The van der Waals surface area contributed by atoms with Gasteiger partial charge in [0.2, 0.25) is 0 Å². The van der Waals surface area contributed by atoms with Crippen molar-refractivity contribution in [2.45, 2.75) is 18.9 Å². The van der Waals surface area contributed by atoms with E-state index < -0.39 is 0 Å². The van der Waals surface area contributed by atoms with Gasteiger partial charge in [0.05, 0.1) is 0 Å². The molecule has 106 valence electrons. The van der Waals surface area contributed by atoms with Gasteiger partial charge in [0.25, 0.3) is 5.91 Å². The average molecular weight is 284 g/mol. The molecule has 4 nitrogen and oxygen atoms in total. The first-order valence-corrected chi connectivity index (χ1v) is 6.58. The van der Waals surface area contributed by atoms with Gasteiger partial charge in [0.1, 0.15) is 0 Å². The number of nitrogens with one attached hydrogen (secondary N) is 1. The minimum absolute atomic E-state index is 0. The molecule has 1 aromatic carbocycles. The topological polar surface area (TPSA) is 58.4 Å². The van der Waals surface area contributed by atoms with Crippen LogP contribution in [0.1, 0.15) is 23.2 Å². The Labute approximate surface area is 120 Å². The molecule has 0 saturated carbocycles. The van der Waals surface area contributed by atoms with Gasteiger partial charge in [0, 0.05) is 37.8 Å². The second-order valence-corrected chi connectivity index (χ2v) is 4.74. The molecule has 0 atom stereocenters. The number of halogens is 1. The first-order valence-electron chi connectivity index (χ1n) is 6.58. The van der Waals surface area contributed by atoms with Crippen molar-refractivity contribution in [3.63, 3.8) is 0 Å². The van der Waals surface area contributed by atoms with Gasteiger partial charge >= 0.3 is 0 Å². The number of nitrogens with two attached hydrogens (primary N) is 1. The van der Waals surface area contributed by atoms with Crippen molar-refractivity contribution in [1.29, 1.82) is 0 Å². The molecule has 1 aromatic rings. The molecule has 5 heteroatoms. The van der Waals surface area contributed by atoms with Crippen molar-refractivity contribution in [1.82, 2.24) is 10.2 Å². The quantitative estimate of drug-likeness (QED) is 0.875. The summed E-state index contributed by atoms with van der Waals surface area (Å²) in [6.45, 7) is 3.72. The van der Waals surface area contributed by atoms with Crippen molar-refractivity contribution >= 4 is 18.3 Å². The van der Waals surface area contributed by atoms with Crippen LogP contribution in [-0.4, -0.2) is 43.0 Å². The Hall–Kier alpha value is -1.10. The molecule has 0 aromatic heterocycles. The first-order chi connectivity index (χ1) is 8.79. The van der Waals surface area contributed by atoms with E-state index >= 15 is 0 Å². The van der Waals surface area contributed by atoms with Crippen LogP contribution < -0.4 is 11.1 Å². The summed E-state index contributed by atoms with van der Waals surface area (Å²) in [5.74, 6) is 0.0351. The van der Waals surface area contributed by atoms with E-state index in [2.05, 4.69) is 10.2 Å². The number of hydrogen-bond donors (Lipinski definition) is 2. The van der Waals surface area contributed by atoms with Crippen molar-refractivity contribution < 1.29 is 4.79 Å². The van der Waals surface area contributed by atoms with Gasteiger partial charge in [-0.05, 0) is 25.0 Å². The summed E-state index contributed by atoms with van der Waals surface area (Å²) in [6.07, 6.45) is 2.02. The fourth-order valence-electron chi connectivity index (χ4n) is 2.34. The lowest BCUT2D eigenvalue weighted by Gasteiger charge is -2.32. The molecule has 1 saturated heterocycles. The Morgan fingerprint density at radius 3 is 2.47 bits per heavy atom. The van der Waals surface area contributed by atoms with Crippen LogP contribution in [0.2, 0.25) is 0 Å². The zero-order valence-corrected chi connectivity index (χ0v) is 11.9. The summed E-state index contributed by atoms with van der Waals surface area (Å²) < 4.78 is 0. The van der Waals surface area contributed by atoms with Gasteiger partial charge in [-0.25, -0.2) is 0 Å². The molecule has 1 amide bonds. The fraction of sp³-hybridized carbons (Fsp3) is 0.500. The number of carbonyl (C=O) groups excluding carboxylic acids is 1. The molecule has 1 heterocycles. The Balaban J connectivity index is 0.00000180. The van der Waals surface area contributed by atoms with Crippen molar-refractivity contribution in [2.24, 2.45) is 5.73 Å². The maximum atomic E-state index is 12.0. The molecule has 0 spiro atoms. The second kappa shape index (κ2) is 8.15. The molecule has 1 fully saturated rings. The van der Waals surface area contributed by atoms with Crippen LogP contribution >= 0.6 is 12.4 Å². The molecule has 3 N–H and O–H groups in total. The number of hydrogen-bond acceptors (Lipinski definition) is 3. The highest BCUT2D eigenvalue weighted by Crippen LogP contribution is 2.10. The Bertz CT molecular complexity index is 378. The van der Waals surface area contributed by atoms with E-state index in [4.69, 9.17) is 5.73 Å². The lowest BCUT2D eigenvalue weighted by atomic mass is 10.0. The molecule has 0 unspecified atom stereocenters. The molecule has 1 aliphatic heterocycles. The monoisotopic (exact) mass is 283 g/mol. The van der Waals surface area contributed by atoms with Crippen LogP contribution in [0.4, 0.5) is 0 Å². The van der Waals surface area contributed by atoms with E-state index in [1.54, 1.807) is 0 Å². The first kappa shape index (κ1) is 16.0. The summed E-state index contributed by atoms with van der Waals surface area (Å²) in [6, 6.07) is 9.68. The van der Waals surface area contributed by atoms with Crippen LogP contribution in [0, 0.1) is 0 Å². The SMILES string of the molecule is Cl.NCCN1CCC(NC(=O)c2ccccc2)CC1. The van der Waals surface area contributed by atoms with Gasteiger partial charge < -0.3 is 16.0 Å². The highest BCUT2D eigenvalue weighted by Gasteiger charge is 2.20. The largest absolute Gasteiger partial charge is 0.349 e. The molecule has 0 aliphatic carbocycles. The number of carbonyl (C=O) groups is 1. The Morgan fingerprint density at radius 1 is 1.26 bits per heavy atom. The predicted octanol–water partition coefficient (Wildman–Crippen LogP) is 1.26. The third kappa shape index (κ3) is 4.82. The third-order valence-corrected chi connectivity index (χ3v) is 3.40. The van der Waals surface area contributed by atoms with Crippen molar-refractivity contribution in [3.05, 3.63) is 35.9 Å². The summed E-state index contributed by atoms with van der Waals surface area (Å²) in [7, 11) is 0. The minimum Gasteiger partial charge on any atom is -0.349 e. The molecular weight excluding hydrogens is 262 g/mol. The van der Waals surface area contributed by atoms with E-state index in [0.29, 0.717) is 12.6 Å². The molecule has 19 heavy (non-hydrogen) atoms. The number of rotatable bonds is 4. The molecule has 0 radical (unpaired) electrons. The van der Waals surface area contributed by atoms with Gasteiger partial charge in [0.15, 0.2) is 0 Å². The predicted molar refractivity (Wildman–Crippen MR) is 79.7 cm³/mol. The normalized spacial score (nSPS) is 16.7. The number of benzene rings is 1. The van der Waals surface area contributed by atoms with E-state index in [1.165, 1.54) is 0 Å². The van der Waals surface area contributed by atoms with Gasteiger partial charge in [-0.15, -0.1) is 12.4 Å². The highest BCUT2D eigenvalue weighted by molar-refractivity contribution is 5.94. The van der Waals surface area contributed by atoms with Crippen LogP contribution in [0.3, 0.4) is 0 Å². The average Bonchev–Trinajstić information content (AvgIpc) is 2.42. The maximum absolute atomic E-state index is 12.0. The lowest BCUT2D eigenvalue weighted by Crippen LogP contribution is -2.45. The zero-order valence-electron chi connectivity index (χ0n) is 11.0. The van der Waals surface area contributed by atoms with Crippen molar-refractivity contribution in [3.8, 4) is 0 Å². The standard InChI is InChI=1S/C14H21N3O.ClH/c15-8-11-17-9-6-13(7-10-17)16-14(18)12-4-2-1-3-5-12;/h1-5,13H,6-11,15H2,(H,16,18);1H. The van der Waals surface area contributed by atoms with E-state index in [1.807, 2.05) is 30.3 Å². The maximum Gasteiger partial charge on any atom is 0.251 e. The zero-order chi connectivity index (χ0) is 12.8. The molecule has 0 bridgehead atoms. The number of nitrogens with zero attached hydrogens (tertiary/aromatic N) is 1. The van der Waals surface area contributed by atoms with E-state index in [0.717, 1.165) is 38.0 Å². The smallest absolute Gasteiger partial charge is 0.251 e. The molecule has 2 rings (SSSR count). The molecular formula is C14H22ClN3O. The highest BCUT2D eigenvalue weighted by atomic mass is 35.5. The van der Waals surface area contributed by atoms with E-state index in [-0.39, 0.29) is 18.3 Å². The van der Waals surface area contributed by atoms with Crippen LogP contribution in [0.5, 0.6) is 0 Å². The van der Waals surface area contributed by atoms with E-state index in [9.17, 15) is 4.79 Å². The number of likely N-dealkylation sites (tertiary alicyclic amines) is 1. The van der Waals surface area contributed by atoms with Crippen LogP contribution in [-0.2, 0) is 0 Å². The number of piperidine rings is 1. The Kier molecular flexibility index (Phi) is 6.84. The van der Waals surface area contributed by atoms with Gasteiger partial charge in [-0.2, -0.15) is 0 Å². The van der Waals surface area contributed by atoms with Gasteiger partial charge in [-0.1, -0.05) is 18.2 Å². The lowest BCUT2D eigenvalue weighted by molar-refractivity contribution is 0.0912. The second-order valence-electron chi connectivity index (χ2n) is 4.74. The third-order valence-electron chi connectivity index (χ3n) is 3.40. The van der Waals surface area contributed by atoms with Crippen molar-refractivity contribution in [2.75, 3.05) is 26.2 Å². The summed E-state index contributed by atoms with van der Waals surface area (Å²) >= 11 is 0. The summed E-state index contributed by atoms with van der Waals surface area (Å²) in [5.41, 5.74) is 6.28.